The van der Waals surface area contributed by atoms with E-state index >= 15 is 0 Å². The van der Waals surface area contributed by atoms with Gasteiger partial charge in [-0.2, -0.15) is 0 Å². The van der Waals surface area contributed by atoms with Gasteiger partial charge in [0.15, 0.2) is 5.96 Å². The lowest BCUT2D eigenvalue weighted by molar-refractivity contribution is 0.105. The zero-order valence-corrected chi connectivity index (χ0v) is 17.2. The monoisotopic (exact) mass is 438 g/mol. The third-order valence-corrected chi connectivity index (χ3v) is 4.83. The minimum absolute atomic E-state index is 0. The molecular formula is C17H35IN4O. The van der Waals surface area contributed by atoms with Crippen LogP contribution < -0.4 is 10.6 Å². The van der Waals surface area contributed by atoms with Gasteiger partial charge in [0.2, 0.25) is 0 Å². The van der Waals surface area contributed by atoms with Crippen molar-refractivity contribution in [1.29, 1.82) is 0 Å². The molecule has 2 aliphatic rings. The SMILES string of the molecule is CN=C(NCCCN1CCC(C)CC1)NCCC1CCCO1.I. The normalized spacial score (nSPS) is 23.6. The van der Waals surface area contributed by atoms with Crippen LogP contribution in [0, 0.1) is 5.92 Å². The molecule has 0 aromatic carbocycles. The molecule has 6 heteroatoms. The molecule has 0 radical (unpaired) electrons. The third-order valence-electron chi connectivity index (χ3n) is 4.83. The summed E-state index contributed by atoms with van der Waals surface area (Å²) in [6.45, 7) is 8.98. The van der Waals surface area contributed by atoms with E-state index in [9.17, 15) is 0 Å². The summed E-state index contributed by atoms with van der Waals surface area (Å²) < 4.78 is 5.64. The molecule has 2 aliphatic heterocycles. The Kier molecular flexibility index (Phi) is 11.2. The number of rotatable bonds is 7. The highest BCUT2D eigenvalue weighted by molar-refractivity contribution is 14.0. The molecule has 0 aromatic heterocycles. The molecule has 1 atom stereocenters. The van der Waals surface area contributed by atoms with Gasteiger partial charge in [-0.05, 0) is 64.1 Å². The van der Waals surface area contributed by atoms with Crippen LogP contribution >= 0.6 is 24.0 Å². The molecule has 23 heavy (non-hydrogen) atoms. The zero-order chi connectivity index (χ0) is 15.6. The summed E-state index contributed by atoms with van der Waals surface area (Å²) in [6.07, 6.45) is 7.86. The lowest BCUT2D eigenvalue weighted by atomic mass is 9.99. The minimum atomic E-state index is 0. The molecule has 5 nitrogen and oxygen atoms in total. The van der Waals surface area contributed by atoms with Gasteiger partial charge in [-0.15, -0.1) is 24.0 Å². The van der Waals surface area contributed by atoms with E-state index in [1.165, 1.54) is 51.7 Å². The lowest BCUT2D eigenvalue weighted by Crippen LogP contribution is -2.40. The highest BCUT2D eigenvalue weighted by atomic mass is 127. The quantitative estimate of drug-likeness (QED) is 0.278. The highest BCUT2D eigenvalue weighted by Crippen LogP contribution is 2.15. The van der Waals surface area contributed by atoms with Gasteiger partial charge in [0.05, 0.1) is 6.10 Å². The predicted octanol–water partition coefficient (Wildman–Crippen LogP) is 2.46. The van der Waals surface area contributed by atoms with Gasteiger partial charge in [-0.25, -0.2) is 0 Å². The van der Waals surface area contributed by atoms with Crippen LogP contribution in [0.4, 0.5) is 0 Å². The van der Waals surface area contributed by atoms with Crippen LogP contribution in [0.15, 0.2) is 4.99 Å². The Morgan fingerprint density at radius 1 is 1.17 bits per heavy atom. The van der Waals surface area contributed by atoms with Crippen molar-refractivity contribution >= 4 is 29.9 Å². The average molecular weight is 438 g/mol. The van der Waals surface area contributed by atoms with Crippen molar-refractivity contribution in [3.63, 3.8) is 0 Å². The number of hydrogen-bond donors (Lipinski definition) is 2. The molecule has 0 aromatic rings. The average Bonchev–Trinajstić information content (AvgIpc) is 3.04. The molecule has 0 spiro atoms. The van der Waals surface area contributed by atoms with Crippen LogP contribution in [0.5, 0.6) is 0 Å². The molecule has 0 amide bonds. The maximum atomic E-state index is 5.64. The molecular weight excluding hydrogens is 403 g/mol. The smallest absolute Gasteiger partial charge is 0.190 e. The van der Waals surface area contributed by atoms with Crippen molar-refractivity contribution in [1.82, 2.24) is 15.5 Å². The van der Waals surface area contributed by atoms with Crippen LogP contribution in [0.1, 0.15) is 45.4 Å². The number of piperidine rings is 1. The number of hydrogen-bond acceptors (Lipinski definition) is 3. The van der Waals surface area contributed by atoms with Crippen molar-refractivity contribution in [3.05, 3.63) is 0 Å². The molecule has 0 bridgehead atoms. The number of guanidine groups is 1. The van der Waals surface area contributed by atoms with Crippen molar-refractivity contribution in [2.75, 3.05) is 46.4 Å². The Labute approximate surface area is 159 Å². The maximum Gasteiger partial charge on any atom is 0.190 e. The van der Waals surface area contributed by atoms with Gasteiger partial charge in [0.1, 0.15) is 0 Å². The van der Waals surface area contributed by atoms with Crippen molar-refractivity contribution in [3.8, 4) is 0 Å². The van der Waals surface area contributed by atoms with Gasteiger partial charge < -0.3 is 20.3 Å². The van der Waals surface area contributed by atoms with Crippen molar-refractivity contribution in [2.45, 2.75) is 51.6 Å². The third kappa shape index (κ3) is 8.54. The first kappa shape index (κ1) is 21.0. The molecule has 136 valence electrons. The molecule has 2 rings (SSSR count). The molecule has 2 N–H and O–H groups in total. The first-order valence-electron chi connectivity index (χ1n) is 9.06. The van der Waals surface area contributed by atoms with Gasteiger partial charge in [-0.1, -0.05) is 6.92 Å². The van der Waals surface area contributed by atoms with E-state index in [-0.39, 0.29) is 24.0 Å². The summed E-state index contributed by atoms with van der Waals surface area (Å²) in [5.41, 5.74) is 0. The first-order chi connectivity index (χ1) is 10.8. The van der Waals surface area contributed by atoms with E-state index in [2.05, 4.69) is 27.4 Å². The summed E-state index contributed by atoms with van der Waals surface area (Å²) in [6, 6.07) is 0. The van der Waals surface area contributed by atoms with Gasteiger partial charge >= 0.3 is 0 Å². The number of ether oxygens (including phenoxy) is 1. The minimum Gasteiger partial charge on any atom is -0.378 e. The maximum absolute atomic E-state index is 5.64. The fourth-order valence-electron chi connectivity index (χ4n) is 3.24. The standard InChI is InChI=1S/C17H34N4O.HI/c1-15-7-12-21(13-8-15)11-4-9-19-17(18-2)20-10-6-16-5-3-14-22-16;/h15-16H,3-14H2,1-2H3,(H2,18,19,20);1H. The summed E-state index contributed by atoms with van der Waals surface area (Å²) in [7, 11) is 1.84. The number of halogens is 1. The molecule has 0 saturated carbocycles. The second kappa shape index (κ2) is 12.3. The lowest BCUT2D eigenvalue weighted by Gasteiger charge is -2.30. The van der Waals surface area contributed by atoms with Gasteiger partial charge in [0.25, 0.3) is 0 Å². The van der Waals surface area contributed by atoms with Crippen LogP contribution in [-0.4, -0.2) is 63.3 Å². The van der Waals surface area contributed by atoms with E-state index in [1.54, 1.807) is 0 Å². The second-order valence-corrected chi connectivity index (χ2v) is 6.73. The second-order valence-electron chi connectivity index (χ2n) is 6.73. The summed E-state index contributed by atoms with van der Waals surface area (Å²) in [5, 5.41) is 6.80. The summed E-state index contributed by atoms with van der Waals surface area (Å²) in [5.74, 6) is 1.84. The molecule has 2 saturated heterocycles. The van der Waals surface area contributed by atoms with Crippen molar-refractivity contribution in [2.24, 2.45) is 10.9 Å². The Hall–Kier alpha value is -0.0800. The fourth-order valence-corrected chi connectivity index (χ4v) is 3.24. The highest BCUT2D eigenvalue weighted by Gasteiger charge is 2.15. The van der Waals surface area contributed by atoms with Gasteiger partial charge in [0, 0.05) is 26.7 Å². The van der Waals surface area contributed by atoms with Crippen LogP contribution in [0.2, 0.25) is 0 Å². The first-order valence-corrected chi connectivity index (χ1v) is 9.06. The van der Waals surface area contributed by atoms with Crippen molar-refractivity contribution < 1.29 is 4.74 Å². The number of nitrogens with one attached hydrogen (secondary N) is 2. The van der Waals surface area contributed by atoms with E-state index in [1.807, 2.05) is 7.05 Å². The number of likely N-dealkylation sites (tertiary alicyclic amines) is 1. The van der Waals surface area contributed by atoms with Crippen LogP contribution in [0.3, 0.4) is 0 Å². The van der Waals surface area contributed by atoms with E-state index in [4.69, 9.17) is 4.74 Å². The van der Waals surface area contributed by atoms with E-state index in [0.717, 1.165) is 38.0 Å². The topological polar surface area (TPSA) is 48.9 Å². The molecule has 1 unspecified atom stereocenters. The Morgan fingerprint density at radius 3 is 2.57 bits per heavy atom. The largest absolute Gasteiger partial charge is 0.378 e. The van der Waals surface area contributed by atoms with E-state index in [0.29, 0.717) is 6.10 Å². The fraction of sp³-hybridized carbons (Fsp3) is 0.941. The van der Waals surface area contributed by atoms with Gasteiger partial charge in [-0.3, -0.25) is 4.99 Å². The summed E-state index contributed by atoms with van der Waals surface area (Å²) >= 11 is 0. The van der Waals surface area contributed by atoms with E-state index < -0.39 is 0 Å². The summed E-state index contributed by atoms with van der Waals surface area (Å²) in [4.78, 5) is 6.88. The van der Waals surface area contributed by atoms with Crippen LogP contribution in [-0.2, 0) is 4.74 Å². The van der Waals surface area contributed by atoms with Crippen LogP contribution in [0.25, 0.3) is 0 Å². The Bertz CT molecular complexity index is 327. The molecule has 0 aliphatic carbocycles. The molecule has 2 fully saturated rings. The Morgan fingerprint density at radius 2 is 1.91 bits per heavy atom. The Balaban J connectivity index is 0.00000264. The predicted molar refractivity (Wildman–Crippen MR) is 108 cm³/mol. The number of aliphatic imine (C=N–C) groups is 1. The zero-order valence-electron chi connectivity index (χ0n) is 14.9. The molecule has 2 heterocycles. The number of nitrogens with zero attached hydrogens (tertiary/aromatic N) is 2.